The molecule has 1 nitrogen and oxygen atoms in total. The lowest BCUT2D eigenvalue weighted by Gasteiger charge is -1.87. The Bertz CT molecular complexity index is 135. The van der Waals surface area contributed by atoms with Gasteiger partial charge in [0.2, 0.25) is 0 Å². The second-order valence-corrected chi connectivity index (χ2v) is 2.28. The topological polar surface area (TPSA) is 17.1 Å². The van der Waals surface area contributed by atoms with Crippen molar-refractivity contribution in [2.75, 3.05) is 0 Å². The van der Waals surface area contributed by atoms with Crippen LogP contribution in [0.1, 0.15) is 6.42 Å². The molecule has 1 aliphatic heterocycles. The lowest BCUT2D eigenvalue weighted by Crippen LogP contribution is -1.92. The number of allylic oxidation sites excluding steroid dienone is 1. The fraction of sp³-hybridized carbons (Fsp3) is 0.200. The number of carbonyl (C=O) groups excluding carboxylic acids is 1. The number of carbonyl (C=O) groups is 1. The van der Waals surface area contributed by atoms with Crippen molar-refractivity contribution in [2.24, 2.45) is 0 Å². The van der Waals surface area contributed by atoms with Crippen LogP contribution in [0.15, 0.2) is 11.9 Å². The molecule has 1 heterocycles. The van der Waals surface area contributed by atoms with Gasteiger partial charge in [-0.25, -0.2) is 0 Å². The van der Waals surface area contributed by atoms with Gasteiger partial charge in [0.25, 0.3) is 0 Å². The summed E-state index contributed by atoms with van der Waals surface area (Å²) < 4.78 is 0. The number of hydrogen-bond donors (Lipinski definition) is 0. The molecule has 36 valence electrons. The van der Waals surface area contributed by atoms with E-state index in [4.69, 9.17) is 0 Å². The van der Waals surface area contributed by atoms with E-state index in [1.165, 1.54) is 8.20 Å². The first-order valence-electron chi connectivity index (χ1n) is 2.10. The van der Waals surface area contributed by atoms with Gasteiger partial charge >= 0.3 is 0 Å². The minimum absolute atomic E-state index is 0.221. The number of rotatable bonds is 0. The van der Waals surface area contributed by atoms with Crippen LogP contribution in [0.5, 0.6) is 0 Å². The quantitative estimate of drug-likeness (QED) is 0.430. The zero-order chi connectivity index (χ0) is 5.11. The van der Waals surface area contributed by atoms with Crippen LogP contribution >= 0.6 is 8.20 Å². The summed E-state index contributed by atoms with van der Waals surface area (Å²) in [6, 6.07) is 0. The molecule has 0 aromatic heterocycles. The second-order valence-electron chi connectivity index (χ2n) is 1.32. The van der Waals surface area contributed by atoms with Crippen molar-refractivity contribution in [3.63, 3.8) is 0 Å². The molecule has 0 aromatic carbocycles. The highest BCUT2D eigenvalue weighted by molar-refractivity contribution is 7.42. The van der Waals surface area contributed by atoms with Crippen LogP contribution in [0.2, 0.25) is 0 Å². The SMILES string of the molecule is O=C1C=CP=CC1. The van der Waals surface area contributed by atoms with Crippen molar-refractivity contribution in [3.8, 4) is 0 Å². The monoisotopic (exact) mass is 112 g/mol. The van der Waals surface area contributed by atoms with Gasteiger partial charge in [-0.05, 0) is 17.7 Å². The molecule has 0 bridgehead atoms. The van der Waals surface area contributed by atoms with Gasteiger partial charge in [-0.3, -0.25) is 4.79 Å². The lowest BCUT2D eigenvalue weighted by molar-refractivity contribution is -0.113. The van der Waals surface area contributed by atoms with E-state index in [1.54, 1.807) is 6.08 Å². The molecular weight excluding hydrogens is 107 g/mol. The van der Waals surface area contributed by atoms with Gasteiger partial charge in [-0.1, -0.05) is 8.20 Å². The Morgan fingerprint density at radius 1 is 1.71 bits per heavy atom. The van der Waals surface area contributed by atoms with E-state index in [9.17, 15) is 4.79 Å². The van der Waals surface area contributed by atoms with Gasteiger partial charge in [-0.15, -0.1) is 0 Å². The first kappa shape index (κ1) is 4.73. The molecule has 0 saturated carbocycles. The minimum atomic E-state index is 0.221. The summed E-state index contributed by atoms with van der Waals surface area (Å²) >= 11 is 0. The highest BCUT2D eigenvalue weighted by Gasteiger charge is 1.92. The molecule has 0 saturated heterocycles. The van der Waals surface area contributed by atoms with Gasteiger partial charge in [0.15, 0.2) is 5.78 Å². The zero-order valence-electron chi connectivity index (χ0n) is 3.79. The number of hydrogen-bond acceptors (Lipinski definition) is 1. The maximum absolute atomic E-state index is 10.3. The average Bonchev–Trinajstić information content (AvgIpc) is 1.69. The Morgan fingerprint density at radius 3 is 2.86 bits per heavy atom. The molecule has 1 rings (SSSR count). The molecule has 0 spiro atoms. The smallest absolute Gasteiger partial charge is 0.160 e. The molecule has 0 N–H and O–H groups in total. The molecule has 7 heavy (non-hydrogen) atoms. The summed E-state index contributed by atoms with van der Waals surface area (Å²) in [7, 11) is 1.17. The standard InChI is InChI=1S/C5H5OP/c6-5-1-3-7-4-2-5/h1,3-4H,2H2. The summed E-state index contributed by atoms with van der Waals surface area (Å²) in [6.45, 7) is 0. The molecule has 0 amide bonds. The molecule has 2 heteroatoms. The molecule has 0 atom stereocenters. The molecular formula is C5H5OP. The predicted octanol–water partition coefficient (Wildman–Crippen LogP) is 1.22. The molecule has 0 aromatic rings. The number of ketones is 1. The third-order valence-electron chi connectivity index (χ3n) is 0.744. The van der Waals surface area contributed by atoms with E-state index < -0.39 is 0 Å². The molecule has 1 aliphatic rings. The van der Waals surface area contributed by atoms with Gasteiger partial charge < -0.3 is 0 Å². The zero-order valence-corrected chi connectivity index (χ0v) is 4.69. The first-order valence-corrected chi connectivity index (χ1v) is 3.14. The van der Waals surface area contributed by atoms with E-state index in [-0.39, 0.29) is 5.78 Å². The highest BCUT2D eigenvalue weighted by Crippen LogP contribution is 2.03. The Kier molecular flexibility index (Phi) is 1.38. The third-order valence-corrected chi connectivity index (χ3v) is 1.46. The van der Waals surface area contributed by atoms with E-state index in [2.05, 4.69) is 0 Å². The van der Waals surface area contributed by atoms with Crippen molar-refractivity contribution in [3.05, 3.63) is 11.9 Å². The maximum Gasteiger partial charge on any atom is 0.160 e. The van der Waals surface area contributed by atoms with Crippen molar-refractivity contribution in [1.82, 2.24) is 0 Å². The van der Waals surface area contributed by atoms with Gasteiger partial charge in [0.1, 0.15) is 0 Å². The fourth-order valence-corrected chi connectivity index (χ4v) is 1.06. The van der Waals surface area contributed by atoms with Crippen LogP contribution in [-0.4, -0.2) is 11.6 Å². The summed E-state index contributed by atoms with van der Waals surface area (Å²) in [5.41, 5.74) is 0. The van der Waals surface area contributed by atoms with Crippen molar-refractivity contribution < 1.29 is 4.79 Å². The Morgan fingerprint density at radius 2 is 2.57 bits per heavy atom. The Hall–Kier alpha value is -0.420. The molecule has 0 radical (unpaired) electrons. The lowest BCUT2D eigenvalue weighted by atomic mass is 10.3. The average molecular weight is 112 g/mol. The highest BCUT2D eigenvalue weighted by atomic mass is 31.1. The second kappa shape index (κ2) is 2.04. The van der Waals surface area contributed by atoms with E-state index >= 15 is 0 Å². The van der Waals surface area contributed by atoms with E-state index in [1.807, 2.05) is 11.6 Å². The third kappa shape index (κ3) is 1.24. The van der Waals surface area contributed by atoms with E-state index in [0.717, 1.165) is 0 Å². The van der Waals surface area contributed by atoms with Crippen LogP contribution in [0.4, 0.5) is 0 Å². The van der Waals surface area contributed by atoms with Gasteiger partial charge in [0, 0.05) is 6.42 Å². The summed E-state index contributed by atoms with van der Waals surface area (Å²) in [6.07, 6.45) is 2.25. The maximum atomic E-state index is 10.3. The van der Waals surface area contributed by atoms with Gasteiger partial charge in [-0.2, -0.15) is 0 Å². The summed E-state index contributed by atoms with van der Waals surface area (Å²) in [5.74, 6) is 4.02. The summed E-state index contributed by atoms with van der Waals surface area (Å²) in [4.78, 5) is 10.3. The van der Waals surface area contributed by atoms with Crippen molar-refractivity contribution >= 4 is 19.8 Å². The molecule has 0 aliphatic carbocycles. The van der Waals surface area contributed by atoms with Crippen molar-refractivity contribution in [2.45, 2.75) is 6.42 Å². The summed E-state index contributed by atoms with van der Waals surface area (Å²) in [5, 5.41) is 0. The predicted molar refractivity (Wildman–Crippen MR) is 31.7 cm³/mol. The Labute approximate surface area is 43.8 Å². The molecule has 0 fully saturated rings. The molecule has 0 unspecified atom stereocenters. The largest absolute Gasteiger partial charge is 0.294 e. The van der Waals surface area contributed by atoms with Gasteiger partial charge in [0.05, 0.1) is 0 Å². The minimum Gasteiger partial charge on any atom is -0.294 e. The van der Waals surface area contributed by atoms with Crippen LogP contribution in [0.3, 0.4) is 0 Å². The van der Waals surface area contributed by atoms with E-state index in [0.29, 0.717) is 6.42 Å². The first-order chi connectivity index (χ1) is 3.39. The van der Waals surface area contributed by atoms with Crippen LogP contribution in [0.25, 0.3) is 0 Å². The van der Waals surface area contributed by atoms with Crippen LogP contribution in [0, 0.1) is 0 Å². The van der Waals surface area contributed by atoms with Crippen LogP contribution in [-0.2, 0) is 4.79 Å². The normalized spacial score (nSPS) is 20.3. The van der Waals surface area contributed by atoms with Crippen LogP contribution < -0.4 is 0 Å². The fourth-order valence-electron chi connectivity index (χ4n) is 0.398. The Balaban J connectivity index is 2.66. The van der Waals surface area contributed by atoms with Crippen molar-refractivity contribution in [1.29, 1.82) is 0 Å².